The molecule has 1 spiro atoms. The van der Waals surface area contributed by atoms with Crippen molar-refractivity contribution in [2.24, 2.45) is 28.6 Å². The topological polar surface area (TPSA) is 49.7 Å². The highest BCUT2D eigenvalue weighted by molar-refractivity contribution is 5.40. The lowest BCUT2D eigenvalue weighted by Crippen LogP contribution is -2.48. The van der Waals surface area contributed by atoms with Crippen LogP contribution in [-0.2, 0) is 4.74 Å². The Bertz CT molecular complexity index is 766. The van der Waals surface area contributed by atoms with E-state index in [2.05, 4.69) is 32.6 Å². The van der Waals surface area contributed by atoms with Crippen molar-refractivity contribution in [3.05, 3.63) is 35.5 Å². The van der Waals surface area contributed by atoms with E-state index in [-0.39, 0.29) is 5.41 Å². The van der Waals surface area contributed by atoms with Gasteiger partial charge in [0, 0.05) is 5.41 Å². The van der Waals surface area contributed by atoms with Gasteiger partial charge in [0.15, 0.2) is 0 Å². The van der Waals surface area contributed by atoms with Gasteiger partial charge in [0.25, 0.3) is 0 Å². The fourth-order valence-corrected chi connectivity index (χ4v) is 7.59. The van der Waals surface area contributed by atoms with Crippen LogP contribution in [0.25, 0.3) is 0 Å². The van der Waals surface area contributed by atoms with E-state index >= 15 is 0 Å². The van der Waals surface area contributed by atoms with Gasteiger partial charge in [-0.15, -0.1) is 0 Å². The second-order valence-electron chi connectivity index (χ2n) is 12.6. The Hall–Kier alpha value is -0.900. The van der Waals surface area contributed by atoms with E-state index < -0.39 is 11.7 Å². The second-order valence-corrected chi connectivity index (χ2v) is 12.6. The molecule has 0 bridgehead atoms. The number of allylic oxidation sites excluding steroid dienone is 3. The van der Waals surface area contributed by atoms with Crippen LogP contribution in [0.2, 0.25) is 0 Å². The van der Waals surface area contributed by atoms with Gasteiger partial charge >= 0.3 is 0 Å². The first-order valence-electron chi connectivity index (χ1n) is 13.1. The monoisotopic (exact) mass is 442 g/mol. The van der Waals surface area contributed by atoms with Crippen molar-refractivity contribution in [1.29, 1.82) is 0 Å². The Kier molecular flexibility index (Phi) is 6.85. The molecular weight excluding hydrogens is 396 g/mol. The Morgan fingerprint density at radius 1 is 1.25 bits per heavy atom. The quantitative estimate of drug-likeness (QED) is 0.503. The number of ether oxygens (including phenoxy) is 1. The molecule has 0 unspecified atom stereocenters. The Morgan fingerprint density at radius 2 is 2.00 bits per heavy atom. The van der Waals surface area contributed by atoms with E-state index in [9.17, 15) is 10.2 Å². The van der Waals surface area contributed by atoms with Crippen molar-refractivity contribution in [3.63, 3.8) is 0 Å². The number of rotatable bonds is 6. The van der Waals surface area contributed by atoms with E-state index in [4.69, 9.17) is 4.74 Å². The third kappa shape index (κ3) is 4.81. The van der Waals surface area contributed by atoms with Crippen LogP contribution in [0.5, 0.6) is 0 Å². The molecule has 3 nitrogen and oxygen atoms in total. The van der Waals surface area contributed by atoms with Gasteiger partial charge in [0.2, 0.25) is 0 Å². The molecule has 4 fully saturated rings. The predicted octanol–water partition coefficient (Wildman–Crippen LogP) is 6.36. The van der Waals surface area contributed by atoms with Crippen molar-refractivity contribution >= 4 is 0 Å². The van der Waals surface area contributed by atoms with Crippen molar-refractivity contribution in [2.75, 3.05) is 13.2 Å². The molecule has 2 N–H and O–H groups in total. The third-order valence-electron chi connectivity index (χ3n) is 9.49. The zero-order chi connectivity index (χ0) is 23.1. The van der Waals surface area contributed by atoms with Gasteiger partial charge in [-0.25, -0.2) is 0 Å². The molecule has 5 atom stereocenters. The van der Waals surface area contributed by atoms with Gasteiger partial charge in [0.1, 0.15) is 0 Å². The minimum absolute atomic E-state index is 0.142. The first-order chi connectivity index (χ1) is 15.0. The number of aliphatic hydroxyl groups excluding tert-OH is 1. The summed E-state index contributed by atoms with van der Waals surface area (Å²) in [5, 5.41) is 20.6. The summed E-state index contributed by atoms with van der Waals surface area (Å²) in [6, 6.07) is 0. The molecule has 0 aromatic heterocycles. The number of fused-ring (bicyclic) bond motifs is 1. The Morgan fingerprint density at radius 3 is 2.66 bits per heavy atom. The number of hydrogen-bond donors (Lipinski definition) is 2. The molecule has 3 aliphatic carbocycles. The molecule has 1 heterocycles. The van der Waals surface area contributed by atoms with Crippen LogP contribution in [-0.4, -0.2) is 35.1 Å². The number of aliphatic hydroxyl groups is 2. The second kappa shape index (κ2) is 9.04. The van der Waals surface area contributed by atoms with Crippen LogP contribution in [0, 0.1) is 28.6 Å². The Balaban J connectivity index is 1.46. The maximum absolute atomic E-state index is 10.6. The minimum atomic E-state index is -0.545. The Labute approximate surface area is 196 Å². The molecule has 3 heteroatoms. The van der Waals surface area contributed by atoms with Gasteiger partial charge in [-0.1, -0.05) is 51.0 Å². The molecule has 1 saturated heterocycles. The molecule has 0 aromatic rings. The first kappa shape index (κ1) is 24.2. The fourth-order valence-electron chi connectivity index (χ4n) is 7.59. The molecular formula is C29H46O3. The predicted molar refractivity (Wildman–Crippen MR) is 131 cm³/mol. The molecule has 180 valence electrons. The summed E-state index contributed by atoms with van der Waals surface area (Å²) in [5.74, 6) is 2.20. The van der Waals surface area contributed by atoms with E-state index in [1.807, 2.05) is 13.8 Å². The molecule has 3 saturated carbocycles. The lowest BCUT2D eigenvalue weighted by atomic mass is 9.60. The molecule has 0 amide bonds. The summed E-state index contributed by atoms with van der Waals surface area (Å²) in [6.45, 7) is 14.6. The molecule has 0 aromatic carbocycles. The van der Waals surface area contributed by atoms with Crippen LogP contribution < -0.4 is 0 Å². The highest BCUT2D eigenvalue weighted by Gasteiger charge is 2.50. The third-order valence-corrected chi connectivity index (χ3v) is 9.49. The van der Waals surface area contributed by atoms with Crippen molar-refractivity contribution in [3.8, 4) is 0 Å². The highest BCUT2D eigenvalue weighted by atomic mass is 16.5. The van der Waals surface area contributed by atoms with E-state index in [0.717, 1.165) is 56.3 Å². The highest BCUT2D eigenvalue weighted by Crippen LogP contribution is 2.60. The summed E-state index contributed by atoms with van der Waals surface area (Å²) >= 11 is 0. The molecule has 32 heavy (non-hydrogen) atoms. The van der Waals surface area contributed by atoms with Crippen LogP contribution in [0.1, 0.15) is 91.9 Å². The standard InChI is InChI=1S/C29H46O3/c1-20(8-6-14-27(3,4)31)24-12-13-25-22(9-7-15-28(24,25)5)10-11-23-16-29(18-32-19-29)17-26(30)21(23)2/h10-11,20,24-26,30-31H,2,6-9,12-19H2,1,3-5H3/b22-10+,23-11-/t20-,24-,25+,26+,28-/m1/s1. The molecule has 4 rings (SSSR count). The largest absolute Gasteiger partial charge is 0.390 e. The smallest absolute Gasteiger partial charge is 0.0794 e. The zero-order valence-electron chi connectivity index (χ0n) is 21.0. The van der Waals surface area contributed by atoms with Gasteiger partial charge in [-0.3, -0.25) is 0 Å². The SMILES string of the molecule is C=C1/C(=C\C=C2/CCC[C@]3(C)[C@@H]([C@H](C)CCCC(C)(C)O)CC[C@@H]23)CC2(COC2)C[C@@H]1O. The number of hydrogen-bond acceptors (Lipinski definition) is 3. The van der Waals surface area contributed by atoms with Gasteiger partial charge in [0.05, 0.1) is 24.9 Å². The maximum Gasteiger partial charge on any atom is 0.0794 e. The zero-order valence-corrected chi connectivity index (χ0v) is 21.0. The molecule has 1 aliphatic heterocycles. The first-order valence-corrected chi connectivity index (χ1v) is 13.1. The lowest BCUT2D eigenvalue weighted by molar-refractivity contribution is -0.133. The maximum atomic E-state index is 10.6. The van der Waals surface area contributed by atoms with Gasteiger partial charge in [-0.05, 0) is 99.5 Å². The van der Waals surface area contributed by atoms with Crippen molar-refractivity contribution in [2.45, 2.75) is 104 Å². The lowest BCUT2D eigenvalue weighted by Gasteiger charge is -2.47. The summed E-state index contributed by atoms with van der Waals surface area (Å²) in [6.07, 6.45) is 15.8. The normalized spacial score (nSPS) is 38.2. The average Bonchev–Trinajstić information content (AvgIpc) is 3.04. The molecule has 4 aliphatic rings. The van der Waals surface area contributed by atoms with Crippen LogP contribution >= 0.6 is 0 Å². The van der Waals surface area contributed by atoms with Crippen LogP contribution in [0.15, 0.2) is 35.5 Å². The summed E-state index contributed by atoms with van der Waals surface area (Å²) in [4.78, 5) is 0. The summed E-state index contributed by atoms with van der Waals surface area (Å²) < 4.78 is 5.50. The van der Waals surface area contributed by atoms with Crippen LogP contribution in [0.4, 0.5) is 0 Å². The van der Waals surface area contributed by atoms with E-state index in [1.54, 1.807) is 5.57 Å². The van der Waals surface area contributed by atoms with Gasteiger partial charge < -0.3 is 14.9 Å². The van der Waals surface area contributed by atoms with Crippen LogP contribution in [0.3, 0.4) is 0 Å². The van der Waals surface area contributed by atoms with E-state index in [0.29, 0.717) is 11.3 Å². The summed E-state index contributed by atoms with van der Waals surface area (Å²) in [5.41, 5.74) is 3.79. The van der Waals surface area contributed by atoms with Crippen molar-refractivity contribution in [1.82, 2.24) is 0 Å². The van der Waals surface area contributed by atoms with Crippen molar-refractivity contribution < 1.29 is 14.9 Å². The van der Waals surface area contributed by atoms with Gasteiger partial charge in [-0.2, -0.15) is 0 Å². The molecule has 0 radical (unpaired) electrons. The summed E-state index contributed by atoms with van der Waals surface area (Å²) in [7, 11) is 0. The minimum Gasteiger partial charge on any atom is -0.390 e. The fraction of sp³-hybridized carbons (Fsp3) is 0.793. The van der Waals surface area contributed by atoms with E-state index in [1.165, 1.54) is 44.1 Å². The average molecular weight is 443 g/mol.